The van der Waals surface area contributed by atoms with E-state index in [9.17, 15) is 4.79 Å². The van der Waals surface area contributed by atoms with Gasteiger partial charge in [-0.05, 0) is 25.2 Å². The molecule has 0 radical (unpaired) electrons. The molecule has 82 valence electrons. The summed E-state index contributed by atoms with van der Waals surface area (Å²) in [6.07, 6.45) is 6.98. The van der Waals surface area contributed by atoms with Crippen molar-refractivity contribution in [2.24, 2.45) is 11.8 Å². The summed E-state index contributed by atoms with van der Waals surface area (Å²) in [5, 5.41) is 3.01. The molecule has 1 unspecified atom stereocenters. The van der Waals surface area contributed by atoms with E-state index in [2.05, 4.69) is 19.2 Å². The molecule has 1 heterocycles. The molecule has 1 N–H and O–H groups in total. The van der Waals surface area contributed by atoms with Crippen LogP contribution >= 0.6 is 0 Å². The molecule has 2 nitrogen and oxygen atoms in total. The highest BCUT2D eigenvalue weighted by Crippen LogP contribution is 2.24. The van der Waals surface area contributed by atoms with Gasteiger partial charge in [-0.25, -0.2) is 0 Å². The SMILES string of the molecule is CCC(CC)CC1CCCCNC1=O. The first kappa shape index (κ1) is 11.5. The Morgan fingerprint density at radius 2 is 2.07 bits per heavy atom. The van der Waals surface area contributed by atoms with E-state index in [1.807, 2.05) is 0 Å². The highest BCUT2D eigenvalue weighted by Gasteiger charge is 2.22. The molecule has 0 aromatic heterocycles. The third-order valence-corrected chi connectivity index (χ3v) is 3.42. The number of hydrogen-bond donors (Lipinski definition) is 1. The molecular formula is C12H23NO. The zero-order chi connectivity index (χ0) is 10.4. The first-order valence-electron chi connectivity index (χ1n) is 6.05. The molecule has 1 saturated heterocycles. The average Bonchev–Trinajstić information content (AvgIpc) is 2.40. The van der Waals surface area contributed by atoms with Crippen LogP contribution in [0.5, 0.6) is 0 Å². The summed E-state index contributed by atoms with van der Waals surface area (Å²) in [4.78, 5) is 11.7. The summed E-state index contributed by atoms with van der Waals surface area (Å²) < 4.78 is 0. The van der Waals surface area contributed by atoms with Crippen LogP contribution in [0.25, 0.3) is 0 Å². The summed E-state index contributed by atoms with van der Waals surface area (Å²) in [6.45, 7) is 5.34. The van der Waals surface area contributed by atoms with Crippen LogP contribution in [-0.4, -0.2) is 12.5 Å². The lowest BCUT2D eigenvalue weighted by Crippen LogP contribution is -2.30. The molecule has 1 fully saturated rings. The average molecular weight is 197 g/mol. The Morgan fingerprint density at radius 1 is 1.36 bits per heavy atom. The van der Waals surface area contributed by atoms with E-state index >= 15 is 0 Å². The summed E-state index contributed by atoms with van der Waals surface area (Å²) in [7, 11) is 0. The van der Waals surface area contributed by atoms with Crippen LogP contribution in [0.4, 0.5) is 0 Å². The predicted molar refractivity (Wildman–Crippen MR) is 59.0 cm³/mol. The van der Waals surface area contributed by atoms with Gasteiger partial charge in [0.15, 0.2) is 0 Å². The zero-order valence-corrected chi connectivity index (χ0v) is 9.51. The van der Waals surface area contributed by atoms with E-state index in [4.69, 9.17) is 0 Å². The highest BCUT2D eigenvalue weighted by atomic mass is 16.1. The fraction of sp³-hybridized carbons (Fsp3) is 0.917. The molecule has 0 bridgehead atoms. The maximum Gasteiger partial charge on any atom is 0.223 e. The van der Waals surface area contributed by atoms with Crippen LogP contribution in [0, 0.1) is 11.8 Å². The Bertz CT molecular complexity index is 175. The molecular weight excluding hydrogens is 174 g/mol. The van der Waals surface area contributed by atoms with Crippen molar-refractivity contribution in [3.63, 3.8) is 0 Å². The normalized spacial score (nSPS) is 23.4. The number of rotatable bonds is 4. The molecule has 0 aliphatic carbocycles. The van der Waals surface area contributed by atoms with Crippen molar-refractivity contribution >= 4 is 5.91 Å². The summed E-state index contributed by atoms with van der Waals surface area (Å²) in [6, 6.07) is 0. The van der Waals surface area contributed by atoms with Gasteiger partial charge in [0, 0.05) is 12.5 Å². The van der Waals surface area contributed by atoms with Gasteiger partial charge in [-0.15, -0.1) is 0 Å². The standard InChI is InChI=1S/C12H23NO/c1-3-10(4-2)9-11-7-5-6-8-13-12(11)14/h10-11H,3-9H2,1-2H3,(H,13,14). The minimum absolute atomic E-state index is 0.294. The minimum atomic E-state index is 0.294. The van der Waals surface area contributed by atoms with E-state index in [0.29, 0.717) is 11.8 Å². The second kappa shape index (κ2) is 6.05. The van der Waals surface area contributed by atoms with Gasteiger partial charge in [-0.3, -0.25) is 4.79 Å². The number of carbonyl (C=O) groups excluding carboxylic acids is 1. The zero-order valence-electron chi connectivity index (χ0n) is 9.51. The van der Waals surface area contributed by atoms with Gasteiger partial charge in [0.25, 0.3) is 0 Å². The monoisotopic (exact) mass is 197 g/mol. The van der Waals surface area contributed by atoms with E-state index in [0.717, 1.165) is 31.7 Å². The largest absolute Gasteiger partial charge is 0.356 e. The molecule has 0 aromatic carbocycles. The van der Waals surface area contributed by atoms with Gasteiger partial charge in [-0.2, -0.15) is 0 Å². The summed E-state index contributed by atoms with van der Waals surface area (Å²) in [5.41, 5.74) is 0. The quantitative estimate of drug-likeness (QED) is 0.737. The number of amides is 1. The lowest BCUT2D eigenvalue weighted by molar-refractivity contribution is -0.125. The van der Waals surface area contributed by atoms with E-state index in [1.165, 1.54) is 19.3 Å². The first-order valence-corrected chi connectivity index (χ1v) is 6.05. The molecule has 1 atom stereocenters. The Labute approximate surface area is 87.5 Å². The molecule has 1 aliphatic heterocycles. The van der Waals surface area contributed by atoms with Crippen LogP contribution in [0.15, 0.2) is 0 Å². The first-order chi connectivity index (χ1) is 6.77. The van der Waals surface area contributed by atoms with Crippen LogP contribution in [0.2, 0.25) is 0 Å². The van der Waals surface area contributed by atoms with Crippen molar-refractivity contribution in [1.82, 2.24) is 5.32 Å². The van der Waals surface area contributed by atoms with Gasteiger partial charge in [0.05, 0.1) is 0 Å². The molecule has 0 saturated carbocycles. The second-order valence-electron chi connectivity index (χ2n) is 4.40. The molecule has 0 aromatic rings. The van der Waals surface area contributed by atoms with Gasteiger partial charge >= 0.3 is 0 Å². The Kier molecular flexibility index (Phi) is 4.99. The fourth-order valence-electron chi connectivity index (χ4n) is 2.25. The van der Waals surface area contributed by atoms with Gasteiger partial charge in [0.1, 0.15) is 0 Å². The minimum Gasteiger partial charge on any atom is -0.356 e. The van der Waals surface area contributed by atoms with Gasteiger partial charge in [-0.1, -0.05) is 33.1 Å². The third kappa shape index (κ3) is 3.32. The topological polar surface area (TPSA) is 29.1 Å². The van der Waals surface area contributed by atoms with Crippen LogP contribution in [-0.2, 0) is 4.79 Å². The van der Waals surface area contributed by atoms with Crippen molar-refractivity contribution < 1.29 is 4.79 Å². The second-order valence-corrected chi connectivity index (χ2v) is 4.40. The molecule has 14 heavy (non-hydrogen) atoms. The van der Waals surface area contributed by atoms with Gasteiger partial charge in [0.2, 0.25) is 5.91 Å². The van der Waals surface area contributed by atoms with Crippen LogP contribution in [0.1, 0.15) is 52.4 Å². The highest BCUT2D eigenvalue weighted by molar-refractivity contribution is 5.78. The maximum absolute atomic E-state index is 11.7. The van der Waals surface area contributed by atoms with E-state index < -0.39 is 0 Å². The van der Waals surface area contributed by atoms with Crippen molar-refractivity contribution in [2.75, 3.05) is 6.54 Å². The van der Waals surface area contributed by atoms with Crippen molar-refractivity contribution in [2.45, 2.75) is 52.4 Å². The molecule has 2 heteroatoms. The van der Waals surface area contributed by atoms with Gasteiger partial charge < -0.3 is 5.32 Å². The third-order valence-electron chi connectivity index (χ3n) is 3.42. The lowest BCUT2D eigenvalue weighted by Gasteiger charge is -2.19. The Balaban J connectivity index is 2.43. The number of nitrogens with one attached hydrogen (secondary N) is 1. The number of carbonyl (C=O) groups is 1. The van der Waals surface area contributed by atoms with E-state index in [-0.39, 0.29) is 0 Å². The Morgan fingerprint density at radius 3 is 2.71 bits per heavy atom. The van der Waals surface area contributed by atoms with E-state index in [1.54, 1.807) is 0 Å². The predicted octanol–water partition coefficient (Wildman–Crippen LogP) is 2.73. The number of hydrogen-bond acceptors (Lipinski definition) is 1. The Hall–Kier alpha value is -0.530. The summed E-state index contributed by atoms with van der Waals surface area (Å²) in [5.74, 6) is 1.33. The van der Waals surface area contributed by atoms with Crippen molar-refractivity contribution in [3.05, 3.63) is 0 Å². The molecule has 1 aliphatic rings. The van der Waals surface area contributed by atoms with Crippen LogP contribution < -0.4 is 5.32 Å². The molecule has 1 rings (SSSR count). The van der Waals surface area contributed by atoms with Crippen molar-refractivity contribution in [3.8, 4) is 0 Å². The summed E-state index contributed by atoms with van der Waals surface area (Å²) >= 11 is 0. The maximum atomic E-state index is 11.7. The lowest BCUT2D eigenvalue weighted by atomic mass is 9.88. The van der Waals surface area contributed by atoms with Crippen molar-refractivity contribution in [1.29, 1.82) is 0 Å². The molecule has 0 spiro atoms. The molecule has 1 amide bonds. The smallest absolute Gasteiger partial charge is 0.223 e. The fourth-order valence-corrected chi connectivity index (χ4v) is 2.25. The van der Waals surface area contributed by atoms with Crippen LogP contribution in [0.3, 0.4) is 0 Å².